The first-order chi connectivity index (χ1) is 21.8. The molecular formula is C37H31FN3O+. The topological polar surface area (TPSA) is 45.7 Å². The molecule has 0 amide bonds. The van der Waals surface area contributed by atoms with Gasteiger partial charge in [0.2, 0.25) is 5.69 Å². The van der Waals surface area contributed by atoms with Crippen LogP contribution in [0.2, 0.25) is 0 Å². The molecule has 0 bridgehead atoms. The van der Waals surface area contributed by atoms with E-state index in [4.69, 9.17) is 9.90 Å². The highest BCUT2D eigenvalue weighted by atomic mass is 19.1. The van der Waals surface area contributed by atoms with Crippen LogP contribution in [0.25, 0.3) is 60.7 Å². The molecule has 0 saturated heterocycles. The predicted octanol–water partition coefficient (Wildman–Crippen LogP) is 9.08. The van der Waals surface area contributed by atoms with Crippen molar-refractivity contribution in [2.45, 2.75) is 34.1 Å². The molecule has 3 aromatic heterocycles. The maximum atomic E-state index is 16.2. The fourth-order valence-electron chi connectivity index (χ4n) is 6.04. The van der Waals surface area contributed by atoms with E-state index in [2.05, 4.69) is 6.07 Å². The van der Waals surface area contributed by atoms with Gasteiger partial charge in [0.15, 0.2) is 11.8 Å². The monoisotopic (exact) mass is 556 g/mol. The molecule has 0 spiro atoms. The smallest absolute Gasteiger partial charge is 0.216 e. The molecule has 0 saturated carbocycles. The van der Waals surface area contributed by atoms with E-state index in [1.807, 2.05) is 66.1 Å². The third-order valence-electron chi connectivity index (χ3n) is 7.71. The first-order valence-electron chi connectivity index (χ1n) is 15.9. The summed E-state index contributed by atoms with van der Waals surface area (Å²) in [4.78, 5) is 0. The average Bonchev–Trinajstić information content (AvgIpc) is 3.56. The third kappa shape index (κ3) is 3.90. The standard InChI is InChI=1S/C37H31FN3O/c1-22-14-16-27-33-28(38)18-24(20-39)34(41-29-12-8-6-10-25(29)26-11-7-9-13-30(26)41)36(33)42-35(27)32(22)31-17-15-23(21-40(31)5)19-37(2,3)4/h6-18,21H,19H2,1-5H3/q+1/i18D,19D2,21D. The van der Waals surface area contributed by atoms with Crippen LogP contribution in [0.4, 0.5) is 4.39 Å². The quantitative estimate of drug-likeness (QED) is 0.204. The molecule has 0 unspecified atom stereocenters. The largest absolute Gasteiger partial charge is 0.453 e. The first-order valence-corrected chi connectivity index (χ1v) is 13.9. The van der Waals surface area contributed by atoms with Gasteiger partial charge in [0.25, 0.3) is 0 Å². The molecule has 42 heavy (non-hydrogen) atoms. The Hall–Kier alpha value is -4.95. The lowest BCUT2D eigenvalue weighted by atomic mass is 9.88. The lowest BCUT2D eigenvalue weighted by Gasteiger charge is -2.17. The zero-order valence-electron chi connectivity index (χ0n) is 28.1. The van der Waals surface area contributed by atoms with Crippen LogP contribution in [-0.2, 0) is 13.4 Å². The summed E-state index contributed by atoms with van der Waals surface area (Å²) in [5.41, 5.74) is 3.75. The Bertz CT molecular complexity index is 2410. The molecule has 0 aliphatic heterocycles. The van der Waals surface area contributed by atoms with Crippen molar-refractivity contribution in [1.82, 2.24) is 4.57 Å². The van der Waals surface area contributed by atoms with E-state index in [1.54, 1.807) is 50.6 Å². The molecule has 0 atom stereocenters. The summed E-state index contributed by atoms with van der Waals surface area (Å²) in [5.74, 6) is -0.844. The molecule has 7 aromatic rings. The van der Waals surface area contributed by atoms with Crippen LogP contribution in [0.1, 0.15) is 42.9 Å². The van der Waals surface area contributed by atoms with Gasteiger partial charge in [-0.2, -0.15) is 5.26 Å². The minimum atomic E-state index is -1.78. The van der Waals surface area contributed by atoms with Crippen LogP contribution in [0.3, 0.4) is 0 Å². The van der Waals surface area contributed by atoms with Gasteiger partial charge in [0, 0.05) is 30.5 Å². The zero-order valence-corrected chi connectivity index (χ0v) is 24.1. The number of pyridine rings is 1. The van der Waals surface area contributed by atoms with Gasteiger partial charge in [-0.05, 0) is 48.5 Å². The highest BCUT2D eigenvalue weighted by molar-refractivity contribution is 6.15. The number of benzene rings is 4. The SMILES string of the molecule is [2H]c1c(C#N)c(-n2c3ccccc3c3ccccc32)c2oc3c(-c4ccc(C([2H])([2H])C(C)(C)C)c([2H])[n+]4C)c(C)ccc3c2c1F. The highest BCUT2D eigenvalue weighted by Crippen LogP contribution is 2.43. The van der Waals surface area contributed by atoms with Crippen molar-refractivity contribution >= 4 is 43.7 Å². The molecule has 206 valence electrons. The molecule has 7 rings (SSSR count). The molecule has 4 aromatic carbocycles. The van der Waals surface area contributed by atoms with E-state index in [0.717, 1.165) is 27.4 Å². The molecule has 0 fully saturated rings. The van der Waals surface area contributed by atoms with Gasteiger partial charge in [-0.3, -0.25) is 0 Å². The second-order valence-electron chi connectivity index (χ2n) is 11.8. The first kappa shape index (κ1) is 21.8. The van der Waals surface area contributed by atoms with Crippen molar-refractivity contribution in [2.75, 3.05) is 0 Å². The zero-order chi connectivity index (χ0) is 32.9. The van der Waals surface area contributed by atoms with Crippen molar-refractivity contribution in [3.63, 3.8) is 0 Å². The van der Waals surface area contributed by atoms with Crippen molar-refractivity contribution < 1.29 is 18.9 Å². The van der Waals surface area contributed by atoms with Crippen molar-refractivity contribution in [3.05, 3.63) is 108 Å². The second-order valence-corrected chi connectivity index (χ2v) is 11.8. The van der Waals surface area contributed by atoms with Gasteiger partial charge < -0.3 is 8.98 Å². The molecule has 0 radical (unpaired) electrons. The van der Waals surface area contributed by atoms with Crippen LogP contribution in [0.15, 0.2) is 89.4 Å². The van der Waals surface area contributed by atoms with Crippen LogP contribution >= 0.6 is 0 Å². The number of rotatable bonds is 3. The minimum absolute atomic E-state index is 0.0160. The van der Waals surface area contributed by atoms with E-state index >= 15 is 4.39 Å². The fourth-order valence-corrected chi connectivity index (χ4v) is 6.04. The number of hydrogen-bond donors (Lipinski definition) is 0. The summed E-state index contributed by atoms with van der Waals surface area (Å²) < 4.78 is 61.7. The Balaban J connectivity index is 1.62. The Morgan fingerprint density at radius 3 is 2.26 bits per heavy atom. The number of aromatic nitrogens is 2. The Kier molecular flexibility index (Phi) is 4.81. The number of furan rings is 1. The van der Waals surface area contributed by atoms with Crippen molar-refractivity contribution in [3.8, 4) is 23.0 Å². The van der Waals surface area contributed by atoms with Gasteiger partial charge in [0.05, 0.1) is 28.9 Å². The van der Waals surface area contributed by atoms with E-state index in [-0.39, 0.29) is 28.3 Å². The van der Waals surface area contributed by atoms with E-state index in [9.17, 15) is 5.26 Å². The molecule has 0 aliphatic rings. The number of nitrogens with zero attached hydrogens (tertiary/aromatic N) is 3. The summed E-state index contributed by atoms with van der Waals surface area (Å²) >= 11 is 0. The van der Waals surface area contributed by atoms with Crippen molar-refractivity contribution in [1.29, 1.82) is 5.26 Å². The fraction of sp³-hybridized carbons (Fsp3) is 0.189. The van der Waals surface area contributed by atoms with Gasteiger partial charge in [-0.15, -0.1) is 0 Å². The van der Waals surface area contributed by atoms with E-state index in [0.29, 0.717) is 27.9 Å². The Labute approximate surface area is 249 Å². The maximum Gasteiger partial charge on any atom is 0.216 e. The summed E-state index contributed by atoms with van der Waals surface area (Å²) in [6.07, 6.45) is -1.76. The number of halogens is 1. The second kappa shape index (κ2) is 9.29. The van der Waals surface area contributed by atoms with Crippen LogP contribution in [0, 0.1) is 29.5 Å². The maximum absolute atomic E-state index is 16.2. The van der Waals surface area contributed by atoms with Crippen LogP contribution < -0.4 is 4.57 Å². The number of hydrogen-bond acceptors (Lipinski definition) is 2. The number of aryl methyl sites for hydroxylation is 1. The van der Waals surface area contributed by atoms with Gasteiger partial charge in [0.1, 0.15) is 31.6 Å². The lowest BCUT2D eigenvalue weighted by Crippen LogP contribution is -2.32. The van der Waals surface area contributed by atoms with Gasteiger partial charge in [-0.1, -0.05) is 69.3 Å². The predicted molar refractivity (Wildman–Crippen MR) is 167 cm³/mol. The Morgan fingerprint density at radius 1 is 0.952 bits per heavy atom. The lowest BCUT2D eigenvalue weighted by molar-refractivity contribution is -0.660. The molecule has 0 aliphatic carbocycles. The van der Waals surface area contributed by atoms with Crippen LogP contribution in [-0.4, -0.2) is 4.57 Å². The summed E-state index contributed by atoms with van der Waals surface area (Å²) in [6.45, 7) is 7.31. The molecular weight excluding hydrogens is 521 g/mol. The van der Waals surface area contributed by atoms with Crippen LogP contribution in [0.5, 0.6) is 0 Å². The average molecular weight is 557 g/mol. The normalized spacial score (nSPS) is 13.8. The number of nitriles is 1. The highest BCUT2D eigenvalue weighted by Gasteiger charge is 2.27. The molecule has 3 heterocycles. The molecule has 5 heteroatoms. The summed E-state index contributed by atoms with van der Waals surface area (Å²) in [6, 6.07) is 24.1. The Morgan fingerprint density at radius 2 is 1.62 bits per heavy atom. The van der Waals surface area contributed by atoms with E-state index in [1.165, 1.54) is 0 Å². The summed E-state index contributed by atoms with van der Waals surface area (Å²) in [7, 11) is 1.71. The number of fused-ring (bicyclic) bond motifs is 6. The summed E-state index contributed by atoms with van der Waals surface area (Å²) in [5, 5.41) is 12.8. The van der Waals surface area contributed by atoms with E-state index < -0.39 is 23.6 Å². The van der Waals surface area contributed by atoms with Gasteiger partial charge >= 0.3 is 0 Å². The van der Waals surface area contributed by atoms with Gasteiger partial charge in [-0.25, -0.2) is 8.96 Å². The molecule has 4 nitrogen and oxygen atoms in total. The number of para-hydroxylation sites is 2. The third-order valence-corrected chi connectivity index (χ3v) is 7.71. The van der Waals surface area contributed by atoms with Crippen molar-refractivity contribution in [2.24, 2.45) is 12.5 Å². The molecule has 0 N–H and O–H groups in total. The minimum Gasteiger partial charge on any atom is -0.453 e.